The number of carboxylic acid groups (broad SMARTS) is 2. The van der Waals surface area contributed by atoms with Gasteiger partial charge in [-0.15, -0.1) is 0 Å². The fraction of sp³-hybridized carbons (Fsp3) is 0.385. The number of carboxylic acids is 2. The predicted molar refractivity (Wildman–Crippen MR) is 64.6 cm³/mol. The number of ether oxygens (including phenoxy) is 1. The summed E-state index contributed by atoms with van der Waals surface area (Å²) in [6, 6.07) is 6.92. The van der Waals surface area contributed by atoms with E-state index in [1.807, 2.05) is 0 Å². The molecule has 18 heavy (non-hydrogen) atoms. The molecule has 0 spiro atoms. The lowest BCUT2D eigenvalue weighted by molar-refractivity contribution is -0.152. The molecule has 0 aliphatic rings. The van der Waals surface area contributed by atoms with Gasteiger partial charge >= 0.3 is 11.9 Å². The Kier molecular flexibility index (Phi) is 4.71. The van der Waals surface area contributed by atoms with E-state index in [1.165, 1.54) is 6.92 Å². The summed E-state index contributed by atoms with van der Waals surface area (Å²) < 4.78 is 5.00. The van der Waals surface area contributed by atoms with Gasteiger partial charge in [0, 0.05) is 0 Å². The third kappa shape index (κ3) is 3.48. The molecule has 1 aromatic carbocycles. The number of benzene rings is 1. The quantitative estimate of drug-likeness (QED) is 0.804. The van der Waals surface area contributed by atoms with E-state index >= 15 is 0 Å². The fourth-order valence-corrected chi connectivity index (χ4v) is 1.67. The highest BCUT2D eigenvalue weighted by Crippen LogP contribution is 2.20. The van der Waals surface area contributed by atoms with E-state index in [0.29, 0.717) is 5.75 Å². The topological polar surface area (TPSA) is 83.8 Å². The first-order chi connectivity index (χ1) is 8.45. The number of hydrogen-bond donors (Lipinski definition) is 2. The predicted octanol–water partition coefficient (Wildman–Crippen LogP) is 1.66. The summed E-state index contributed by atoms with van der Waals surface area (Å²) >= 11 is 0. The van der Waals surface area contributed by atoms with Gasteiger partial charge in [-0.25, -0.2) is 0 Å². The molecular weight excluding hydrogens is 236 g/mol. The molecule has 5 nitrogen and oxygen atoms in total. The fourth-order valence-electron chi connectivity index (χ4n) is 1.67. The first-order valence-electron chi connectivity index (χ1n) is 5.54. The van der Waals surface area contributed by atoms with Crippen molar-refractivity contribution < 1.29 is 24.5 Å². The van der Waals surface area contributed by atoms with E-state index in [0.717, 1.165) is 5.56 Å². The van der Waals surface area contributed by atoms with Crippen LogP contribution in [0.15, 0.2) is 24.3 Å². The summed E-state index contributed by atoms with van der Waals surface area (Å²) in [4.78, 5) is 21.9. The summed E-state index contributed by atoms with van der Waals surface area (Å²) in [5, 5.41) is 17.9. The summed E-state index contributed by atoms with van der Waals surface area (Å²) in [5.41, 5.74) is 0.774. The van der Waals surface area contributed by atoms with Gasteiger partial charge in [0.05, 0.1) is 18.9 Å². The molecular formula is C13H16O5. The van der Waals surface area contributed by atoms with Gasteiger partial charge in [0.25, 0.3) is 0 Å². The second-order valence-electron chi connectivity index (χ2n) is 4.12. The minimum Gasteiger partial charge on any atom is -0.497 e. The van der Waals surface area contributed by atoms with E-state index in [2.05, 4.69) is 0 Å². The van der Waals surface area contributed by atoms with Gasteiger partial charge in [-0.2, -0.15) is 0 Å². The Bertz CT molecular complexity index is 424. The van der Waals surface area contributed by atoms with Gasteiger partial charge in [-0.1, -0.05) is 19.1 Å². The maximum atomic E-state index is 11.1. The van der Waals surface area contributed by atoms with Crippen molar-refractivity contribution in [1.82, 2.24) is 0 Å². The molecule has 0 saturated heterocycles. The maximum absolute atomic E-state index is 11.1. The van der Waals surface area contributed by atoms with Crippen LogP contribution in [-0.2, 0) is 16.0 Å². The summed E-state index contributed by atoms with van der Waals surface area (Å²) in [6.45, 7) is 1.41. The number of carbonyl (C=O) groups is 2. The van der Waals surface area contributed by atoms with Crippen molar-refractivity contribution in [3.8, 4) is 5.75 Å². The normalized spacial score (nSPS) is 13.7. The van der Waals surface area contributed by atoms with Crippen LogP contribution in [0.2, 0.25) is 0 Å². The highest BCUT2D eigenvalue weighted by molar-refractivity contribution is 5.79. The smallest absolute Gasteiger partial charge is 0.307 e. The lowest BCUT2D eigenvalue weighted by atomic mass is 9.88. The zero-order valence-corrected chi connectivity index (χ0v) is 10.3. The first-order valence-corrected chi connectivity index (χ1v) is 5.54. The lowest BCUT2D eigenvalue weighted by Crippen LogP contribution is -2.29. The molecule has 0 fully saturated rings. The Labute approximate surface area is 105 Å². The van der Waals surface area contributed by atoms with Crippen LogP contribution < -0.4 is 4.74 Å². The Hall–Kier alpha value is -2.04. The highest BCUT2D eigenvalue weighted by atomic mass is 16.5. The first kappa shape index (κ1) is 14.0. The Morgan fingerprint density at radius 3 is 2.11 bits per heavy atom. The molecule has 0 saturated carbocycles. The monoisotopic (exact) mass is 252 g/mol. The Morgan fingerprint density at radius 2 is 1.72 bits per heavy atom. The molecule has 98 valence electrons. The van der Waals surface area contributed by atoms with Crippen LogP contribution >= 0.6 is 0 Å². The summed E-state index contributed by atoms with van der Waals surface area (Å²) in [5.74, 6) is -3.38. The van der Waals surface area contributed by atoms with Gasteiger partial charge < -0.3 is 14.9 Å². The van der Waals surface area contributed by atoms with Crippen molar-refractivity contribution in [1.29, 1.82) is 0 Å². The van der Waals surface area contributed by atoms with Gasteiger partial charge in [0.15, 0.2) is 0 Å². The zero-order valence-electron chi connectivity index (χ0n) is 10.3. The second kappa shape index (κ2) is 6.05. The van der Waals surface area contributed by atoms with E-state index in [4.69, 9.17) is 14.9 Å². The van der Waals surface area contributed by atoms with Gasteiger partial charge in [-0.05, 0) is 24.1 Å². The highest BCUT2D eigenvalue weighted by Gasteiger charge is 2.29. The molecule has 0 aliphatic heterocycles. The molecule has 1 rings (SSSR count). The number of methoxy groups -OCH3 is 1. The molecule has 0 heterocycles. The second-order valence-corrected chi connectivity index (χ2v) is 4.12. The Balaban J connectivity index is 2.83. The van der Waals surface area contributed by atoms with Crippen LogP contribution in [0.4, 0.5) is 0 Å². The van der Waals surface area contributed by atoms with Gasteiger partial charge in [-0.3, -0.25) is 9.59 Å². The SMILES string of the molecule is COc1ccc(CC(C(=O)O)C(C)C(=O)O)cc1. The molecule has 1 aromatic rings. The van der Waals surface area contributed by atoms with Crippen molar-refractivity contribution in [2.75, 3.05) is 7.11 Å². The molecule has 0 aromatic heterocycles. The largest absolute Gasteiger partial charge is 0.497 e. The van der Waals surface area contributed by atoms with E-state index in [9.17, 15) is 9.59 Å². The molecule has 0 aliphatic carbocycles. The van der Waals surface area contributed by atoms with Crippen molar-refractivity contribution in [3.63, 3.8) is 0 Å². The lowest BCUT2D eigenvalue weighted by Gasteiger charge is -2.16. The maximum Gasteiger partial charge on any atom is 0.307 e. The minimum absolute atomic E-state index is 0.187. The van der Waals surface area contributed by atoms with Gasteiger partial charge in [0.2, 0.25) is 0 Å². The zero-order chi connectivity index (χ0) is 13.7. The molecule has 0 bridgehead atoms. The molecule has 5 heteroatoms. The molecule has 0 radical (unpaired) electrons. The van der Waals surface area contributed by atoms with Crippen LogP contribution in [0, 0.1) is 11.8 Å². The van der Waals surface area contributed by atoms with E-state index in [-0.39, 0.29) is 6.42 Å². The standard InChI is InChI=1S/C13H16O5/c1-8(12(14)15)11(13(16)17)7-9-3-5-10(18-2)6-4-9/h3-6,8,11H,7H2,1-2H3,(H,14,15)(H,16,17). The third-order valence-electron chi connectivity index (χ3n) is 2.92. The van der Waals surface area contributed by atoms with Crippen LogP contribution in [0.25, 0.3) is 0 Å². The summed E-state index contributed by atoms with van der Waals surface area (Å²) in [6.07, 6.45) is 0.187. The van der Waals surface area contributed by atoms with E-state index in [1.54, 1.807) is 31.4 Å². The number of aliphatic carboxylic acids is 2. The molecule has 0 amide bonds. The third-order valence-corrected chi connectivity index (χ3v) is 2.92. The van der Waals surface area contributed by atoms with Crippen LogP contribution in [-0.4, -0.2) is 29.3 Å². The average Bonchev–Trinajstić information content (AvgIpc) is 2.35. The molecule has 2 unspecified atom stereocenters. The van der Waals surface area contributed by atoms with Crippen molar-refractivity contribution >= 4 is 11.9 Å². The van der Waals surface area contributed by atoms with Crippen LogP contribution in [0.5, 0.6) is 5.75 Å². The number of hydrogen-bond acceptors (Lipinski definition) is 3. The van der Waals surface area contributed by atoms with Crippen LogP contribution in [0.3, 0.4) is 0 Å². The van der Waals surface area contributed by atoms with Crippen LogP contribution in [0.1, 0.15) is 12.5 Å². The Morgan fingerprint density at radius 1 is 1.17 bits per heavy atom. The average molecular weight is 252 g/mol. The van der Waals surface area contributed by atoms with Crippen molar-refractivity contribution in [2.45, 2.75) is 13.3 Å². The summed E-state index contributed by atoms with van der Waals surface area (Å²) in [7, 11) is 1.54. The minimum atomic E-state index is -1.10. The van der Waals surface area contributed by atoms with E-state index < -0.39 is 23.8 Å². The number of rotatable bonds is 6. The molecule has 2 atom stereocenters. The molecule has 2 N–H and O–H groups in total. The van der Waals surface area contributed by atoms with Crippen molar-refractivity contribution in [3.05, 3.63) is 29.8 Å². The van der Waals surface area contributed by atoms with Crippen molar-refractivity contribution in [2.24, 2.45) is 11.8 Å². The van der Waals surface area contributed by atoms with Gasteiger partial charge in [0.1, 0.15) is 5.75 Å².